The summed E-state index contributed by atoms with van der Waals surface area (Å²) in [6.07, 6.45) is 1.54. The summed E-state index contributed by atoms with van der Waals surface area (Å²) in [6, 6.07) is 9.94. The molecule has 0 aliphatic rings. The van der Waals surface area contributed by atoms with E-state index in [0.717, 1.165) is 0 Å². The quantitative estimate of drug-likeness (QED) is 0.739. The summed E-state index contributed by atoms with van der Waals surface area (Å²) in [5, 5.41) is 13.9. The van der Waals surface area contributed by atoms with Crippen LogP contribution in [0.1, 0.15) is 16.2 Å². The molecule has 0 spiro atoms. The molecule has 0 aliphatic carbocycles. The van der Waals surface area contributed by atoms with Crippen LogP contribution in [0.25, 0.3) is 5.65 Å². The first-order chi connectivity index (χ1) is 10.7. The SMILES string of the molecule is COC(=O)c1ccc2nc(COc3ccccc3O)nn2c1. The summed E-state index contributed by atoms with van der Waals surface area (Å²) < 4.78 is 11.6. The highest BCUT2D eigenvalue weighted by atomic mass is 16.5. The Morgan fingerprint density at radius 1 is 1.27 bits per heavy atom. The van der Waals surface area contributed by atoms with Crippen molar-refractivity contribution in [3.05, 3.63) is 54.0 Å². The van der Waals surface area contributed by atoms with Crippen LogP contribution in [0.2, 0.25) is 0 Å². The van der Waals surface area contributed by atoms with Crippen LogP contribution in [0, 0.1) is 0 Å². The zero-order valence-corrected chi connectivity index (χ0v) is 11.8. The second-order valence-corrected chi connectivity index (χ2v) is 4.50. The Morgan fingerprint density at radius 2 is 2.09 bits per heavy atom. The lowest BCUT2D eigenvalue weighted by atomic mass is 10.3. The van der Waals surface area contributed by atoms with Crippen LogP contribution in [0.15, 0.2) is 42.6 Å². The number of esters is 1. The Hall–Kier alpha value is -3.09. The van der Waals surface area contributed by atoms with E-state index in [1.807, 2.05) is 0 Å². The molecule has 2 aromatic heterocycles. The Kier molecular flexibility index (Phi) is 3.61. The monoisotopic (exact) mass is 299 g/mol. The maximum atomic E-state index is 11.5. The van der Waals surface area contributed by atoms with Gasteiger partial charge in [-0.1, -0.05) is 12.1 Å². The van der Waals surface area contributed by atoms with Gasteiger partial charge in [-0.2, -0.15) is 0 Å². The third-order valence-corrected chi connectivity index (χ3v) is 3.02. The predicted molar refractivity (Wildman–Crippen MR) is 76.8 cm³/mol. The molecule has 0 radical (unpaired) electrons. The first-order valence-electron chi connectivity index (χ1n) is 6.52. The molecular weight excluding hydrogens is 286 g/mol. The van der Waals surface area contributed by atoms with Crippen molar-refractivity contribution in [3.63, 3.8) is 0 Å². The van der Waals surface area contributed by atoms with Crippen LogP contribution < -0.4 is 4.74 Å². The van der Waals surface area contributed by atoms with E-state index in [4.69, 9.17) is 4.74 Å². The van der Waals surface area contributed by atoms with Gasteiger partial charge in [-0.25, -0.2) is 14.3 Å². The maximum Gasteiger partial charge on any atom is 0.339 e. The molecule has 1 N–H and O–H groups in total. The number of rotatable bonds is 4. The van der Waals surface area contributed by atoms with Gasteiger partial charge in [0.25, 0.3) is 0 Å². The Labute approximate surface area is 125 Å². The highest BCUT2D eigenvalue weighted by Crippen LogP contribution is 2.24. The summed E-state index contributed by atoms with van der Waals surface area (Å²) in [5.74, 6) is 0.408. The number of aromatic hydroxyl groups is 1. The van der Waals surface area contributed by atoms with Crippen LogP contribution in [0.4, 0.5) is 0 Å². The van der Waals surface area contributed by atoms with Crippen LogP contribution in [-0.4, -0.2) is 32.8 Å². The lowest BCUT2D eigenvalue weighted by Gasteiger charge is -2.04. The van der Waals surface area contributed by atoms with Crippen molar-refractivity contribution in [1.82, 2.24) is 14.6 Å². The number of ether oxygens (including phenoxy) is 2. The number of pyridine rings is 1. The molecule has 1 aromatic carbocycles. The smallest absolute Gasteiger partial charge is 0.339 e. The summed E-state index contributed by atoms with van der Waals surface area (Å²) in [6.45, 7) is 0.104. The van der Waals surface area contributed by atoms with Gasteiger partial charge in [0.1, 0.15) is 6.61 Å². The summed E-state index contributed by atoms with van der Waals surface area (Å²) in [5.41, 5.74) is 0.969. The van der Waals surface area contributed by atoms with Crippen LogP contribution in [0.5, 0.6) is 11.5 Å². The molecule has 3 rings (SSSR count). The second kappa shape index (κ2) is 5.72. The van der Waals surface area contributed by atoms with Crippen molar-refractivity contribution in [1.29, 1.82) is 0 Å². The average Bonchev–Trinajstić information content (AvgIpc) is 2.95. The summed E-state index contributed by atoms with van der Waals surface area (Å²) in [4.78, 5) is 15.8. The van der Waals surface area contributed by atoms with Crippen LogP contribution in [0.3, 0.4) is 0 Å². The second-order valence-electron chi connectivity index (χ2n) is 4.50. The number of carbonyl (C=O) groups is 1. The largest absolute Gasteiger partial charge is 0.504 e. The number of aromatic nitrogens is 3. The van der Waals surface area contributed by atoms with Gasteiger partial charge in [0.2, 0.25) is 0 Å². The van der Waals surface area contributed by atoms with Gasteiger partial charge in [0, 0.05) is 6.20 Å². The van der Waals surface area contributed by atoms with Gasteiger partial charge in [0.05, 0.1) is 12.7 Å². The number of benzene rings is 1. The number of nitrogens with zero attached hydrogens (tertiary/aromatic N) is 3. The minimum absolute atomic E-state index is 0.0549. The van der Waals surface area contributed by atoms with E-state index in [2.05, 4.69) is 14.8 Å². The lowest BCUT2D eigenvalue weighted by Crippen LogP contribution is -2.03. The molecule has 7 nitrogen and oxygen atoms in total. The summed E-state index contributed by atoms with van der Waals surface area (Å²) in [7, 11) is 1.32. The zero-order valence-electron chi connectivity index (χ0n) is 11.8. The van der Waals surface area contributed by atoms with Crippen molar-refractivity contribution < 1.29 is 19.4 Å². The fourth-order valence-electron chi connectivity index (χ4n) is 1.95. The lowest BCUT2D eigenvalue weighted by molar-refractivity contribution is 0.0600. The minimum atomic E-state index is -0.440. The zero-order chi connectivity index (χ0) is 15.5. The fraction of sp³-hybridized carbons (Fsp3) is 0.133. The molecule has 22 heavy (non-hydrogen) atoms. The average molecular weight is 299 g/mol. The van der Waals surface area contributed by atoms with Crippen LogP contribution in [-0.2, 0) is 11.3 Å². The molecule has 0 saturated heterocycles. The highest BCUT2D eigenvalue weighted by Gasteiger charge is 2.10. The van der Waals surface area contributed by atoms with Crippen molar-refractivity contribution in [2.75, 3.05) is 7.11 Å². The molecule has 0 aliphatic heterocycles. The third kappa shape index (κ3) is 2.69. The summed E-state index contributed by atoms with van der Waals surface area (Å²) >= 11 is 0. The normalized spacial score (nSPS) is 10.6. The number of hydrogen-bond acceptors (Lipinski definition) is 6. The van der Waals surface area contributed by atoms with Crippen LogP contribution >= 0.6 is 0 Å². The van der Waals surface area contributed by atoms with E-state index >= 15 is 0 Å². The number of phenolic OH excluding ortho intramolecular Hbond substituents is 1. The van der Waals surface area contributed by atoms with Crippen molar-refractivity contribution >= 4 is 11.6 Å². The number of methoxy groups -OCH3 is 1. The van der Waals surface area contributed by atoms with Crippen molar-refractivity contribution in [2.24, 2.45) is 0 Å². The van der Waals surface area contributed by atoms with Gasteiger partial charge < -0.3 is 14.6 Å². The van der Waals surface area contributed by atoms with Crippen molar-refractivity contribution in [2.45, 2.75) is 6.61 Å². The number of carbonyl (C=O) groups excluding carboxylic acids is 1. The van der Waals surface area contributed by atoms with E-state index in [-0.39, 0.29) is 12.4 Å². The van der Waals surface area contributed by atoms with Gasteiger partial charge in [0.15, 0.2) is 23.0 Å². The third-order valence-electron chi connectivity index (χ3n) is 3.02. The van der Waals surface area contributed by atoms with E-state index < -0.39 is 5.97 Å². The van der Waals surface area contributed by atoms with E-state index in [0.29, 0.717) is 22.8 Å². The van der Waals surface area contributed by atoms with Gasteiger partial charge in [-0.3, -0.25) is 0 Å². The Morgan fingerprint density at radius 3 is 2.86 bits per heavy atom. The molecule has 0 unspecified atom stereocenters. The van der Waals surface area contributed by atoms with E-state index in [1.165, 1.54) is 23.9 Å². The number of fused-ring (bicyclic) bond motifs is 1. The number of para-hydroxylation sites is 2. The number of phenols is 1. The van der Waals surface area contributed by atoms with Gasteiger partial charge in [-0.15, -0.1) is 5.10 Å². The molecule has 0 amide bonds. The maximum absolute atomic E-state index is 11.5. The number of hydrogen-bond donors (Lipinski definition) is 1. The van der Waals surface area contributed by atoms with Crippen molar-refractivity contribution in [3.8, 4) is 11.5 Å². The van der Waals surface area contributed by atoms with Gasteiger partial charge >= 0.3 is 5.97 Å². The molecule has 7 heteroatoms. The molecule has 0 fully saturated rings. The van der Waals surface area contributed by atoms with Gasteiger partial charge in [-0.05, 0) is 24.3 Å². The molecule has 2 heterocycles. The standard InChI is InChI=1S/C15H13N3O4/c1-21-15(20)10-6-7-14-16-13(17-18(14)8-10)9-22-12-5-3-2-4-11(12)19/h2-8,19H,9H2,1H3. The molecule has 0 bridgehead atoms. The Bertz CT molecular complexity index is 829. The predicted octanol–water partition coefficient (Wildman–Crippen LogP) is 1.80. The Balaban J connectivity index is 1.80. The molecule has 0 atom stereocenters. The fourth-order valence-corrected chi connectivity index (χ4v) is 1.95. The molecule has 3 aromatic rings. The highest BCUT2D eigenvalue weighted by molar-refractivity contribution is 5.89. The first-order valence-corrected chi connectivity index (χ1v) is 6.52. The topological polar surface area (TPSA) is 86.0 Å². The molecule has 0 saturated carbocycles. The van der Waals surface area contributed by atoms with E-state index in [1.54, 1.807) is 30.3 Å². The molecular formula is C15H13N3O4. The molecule has 112 valence electrons. The minimum Gasteiger partial charge on any atom is -0.504 e. The van der Waals surface area contributed by atoms with E-state index in [9.17, 15) is 9.90 Å². The first kappa shape index (κ1) is 13.9.